The van der Waals surface area contributed by atoms with Gasteiger partial charge < -0.3 is 11.5 Å². The molecule has 0 aromatic rings. The molecule has 5 N–H and O–H groups in total. The standard InChI is InChI=1S/C4H6F3N3/c5-4(6,7)2(8)1-3(9)10/h1,8H,9-10H2. The maximum Gasteiger partial charge on any atom is 0.432 e. The largest absolute Gasteiger partial charge is 0.432 e. The fourth-order valence-electron chi connectivity index (χ4n) is 0.248. The molecule has 0 aliphatic heterocycles. The molecule has 0 spiro atoms. The lowest BCUT2D eigenvalue weighted by atomic mass is 10.3. The molecule has 0 heterocycles. The molecule has 0 fully saturated rings. The van der Waals surface area contributed by atoms with E-state index in [0.717, 1.165) is 0 Å². The van der Waals surface area contributed by atoms with Crippen molar-refractivity contribution in [2.45, 2.75) is 6.18 Å². The van der Waals surface area contributed by atoms with E-state index < -0.39 is 17.7 Å². The van der Waals surface area contributed by atoms with E-state index in [1.54, 1.807) is 0 Å². The highest BCUT2D eigenvalue weighted by Gasteiger charge is 2.32. The number of hydrogen-bond acceptors (Lipinski definition) is 3. The molecule has 0 unspecified atom stereocenters. The van der Waals surface area contributed by atoms with Crippen molar-refractivity contribution in [3.05, 3.63) is 11.9 Å². The molecule has 0 rings (SSSR count). The van der Waals surface area contributed by atoms with Crippen LogP contribution >= 0.6 is 0 Å². The Kier molecular flexibility index (Phi) is 2.28. The molecule has 0 atom stereocenters. The third-order valence-electron chi connectivity index (χ3n) is 0.616. The topological polar surface area (TPSA) is 75.9 Å². The third kappa shape index (κ3) is 2.95. The Labute approximate surface area is 55.0 Å². The zero-order chi connectivity index (χ0) is 8.36. The third-order valence-corrected chi connectivity index (χ3v) is 0.616. The molecule has 10 heavy (non-hydrogen) atoms. The maximum atomic E-state index is 11.4. The highest BCUT2D eigenvalue weighted by Crippen LogP contribution is 2.16. The van der Waals surface area contributed by atoms with Crippen LogP contribution in [-0.2, 0) is 0 Å². The van der Waals surface area contributed by atoms with Crippen molar-refractivity contribution in [3.8, 4) is 0 Å². The zero-order valence-corrected chi connectivity index (χ0v) is 4.87. The van der Waals surface area contributed by atoms with Crippen LogP contribution in [-0.4, -0.2) is 11.9 Å². The molecule has 6 heteroatoms. The summed E-state index contributed by atoms with van der Waals surface area (Å²) in [6, 6.07) is 0. The average molecular weight is 153 g/mol. The second-order valence-electron chi connectivity index (χ2n) is 1.56. The molecule has 0 aliphatic carbocycles. The zero-order valence-electron chi connectivity index (χ0n) is 4.87. The Bertz CT molecular complexity index is 165. The predicted molar refractivity (Wildman–Crippen MR) is 30.2 cm³/mol. The van der Waals surface area contributed by atoms with Crippen LogP contribution in [0.5, 0.6) is 0 Å². The van der Waals surface area contributed by atoms with Gasteiger partial charge in [-0.15, -0.1) is 0 Å². The first-order valence-electron chi connectivity index (χ1n) is 2.22. The smallest absolute Gasteiger partial charge is 0.386 e. The second kappa shape index (κ2) is 2.59. The second-order valence-corrected chi connectivity index (χ2v) is 1.56. The Balaban J connectivity index is 4.27. The summed E-state index contributed by atoms with van der Waals surface area (Å²) in [6.45, 7) is 0. The lowest BCUT2D eigenvalue weighted by Gasteiger charge is -2.02. The van der Waals surface area contributed by atoms with Crippen molar-refractivity contribution in [3.63, 3.8) is 0 Å². The summed E-state index contributed by atoms with van der Waals surface area (Å²) in [5.41, 5.74) is 7.83. The van der Waals surface area contributed by atoms with Crippen molar-refractivity contribution >= 4 is 5.71 Å². The van der Waals surface area contributed by atoms with Gasteiger partial charge in [0.15, 0.2) is 0 Å². The van der Waals surface area contributed by atoms with Crippen LogP contribution in [0.3, 0.4) is 0 Å². The number of rotatable bonds is 1. The van der Waals surface area contributed by atoms with Gasteiger partial charge >= 0.3 is 6.18 Å². The quantitative estimate of drug-likeness (QED) is 0.474. The number of nitrogens with one attached hydrogen (secondary N) is 1. The first-order chi connectivity index (χ1) is 4.34. The summed E-state index contributed by atoms with van der Waals surface area (Å²) in [5, 5.41) is 6.31. The van der Waals surface area contributed by atoms with Gasteiger partial charge in [0.25, 0.3) is 0 Å². The van der Waals surface area contributed by atoms with E-state index in [2.05, 4.69) is 11.5 Å². The van der Waals surface area contributed by atoms with Gasteiger partial charge in [-0.3, -0.25) is 5.41 Å². The SMILES string of the molecule is N=C(C=C(N)N)C(F)(F)F. The Morgan fingerprint density at radius 1 is 1.30 bits per heavy atom. The number of nitrogens with two attached hydrogens (primary N) is 2. The van der Waals surface area contributed by atoms with Crippen LogP contribution in [0, 0.1) is 5.41 Å². The number of hydrogen-bond donors (Lipinski definition) is 3. The summed E-state index contributed by atoms with van der Waals surface area (Å²) in [7, 11) is 0. The van der Waals surface area contributed by atoms with Crippen LogP contribution in [0.4, 0.5) is 13.2 Å². The summed E-state index contributed by atoms with van der Waals surface area (Å²) in [5.74, 6) is -0.526. The van der Waals surface area contributed by atoms with Gasteiger partial charge in [-0.1, -0.05) is 0 Å². The van der Waals surface area contributed by atoms with Crippen molar-refractivity contribution in [1.82, 2.24) is 0 Å². The van der Waals surface area contributed by atoms with Crippen LogP contribution in [0.15, 0.2) is 11.9 Å². The summed E-state index contributed by atoms with van der Waals surface area (Å²) in [6.07, 6.45) is -4.32. The number of allylic oxidation sites excluding steroid dienone is 1. The molecular weight excluding hydrogens is 147 g/mol. The monoisotopic (exact) mass is 153 g/mol. The van der Waals surface area contributed by atoms with Crippen LogP contribution in [0.1, 0.15) is 0 Å². The van der Waals surface area contributed by atoms with Crippen molar-refractivity contribution in [2.24, 2.45) is 11.5 Å². The van der Waals surface area contributed by atoms with E-state index in [0.29, 0.717) is 6.08 Å². The Morgan fingerprint density at radius 2 is 1.70 bits per heavy atom. The van der Waals surface area contributed by atoms with Gasteiger partial charge in [-0.05, 0) is 0 Å². The van der Waals surface area contributed by atoms with Gasteiger partial charge in [0.1, 0.15) is 5.71 Å². The van der Waals surface area contributed by atoms with Crippen LogP contribution in [0.25, 0.3) is 0 Å². The molecule has 58 valence electrons. The predicted octanol–water partition coefficient (Wildman–Crippen LogP) is 0.327. The molecule has 0 radical (unpaired) electrons. The van der Waals surface area contributed by atoms with Gasteiger partial charge in [0.05, 0.1) is 5.82 Å². The van der Waals surface area contributed by atoms with Crippen molar-refractivity contribution in [2.75, 3.05) is 0 Å². The molecular formula is C4H6F3N3. The summed E-state index contributed by atoms with van der Waals surface area (Å²) >= 11 is 0. The average Bonchev–Trinajstić information content (AvgIpc) is 1.60. The molecule has 0 aliphatic rings. The van der Waals surface area contributed by atoms with Gasteiger partial charge in [0, 0.05) is 6.08 Å². The molecule has 0 aromatic heterocycles. The Hall–Kier alpha value is -1.20. The van der Waals surface area contributed by atoms with Gasteiger partial charge in [-0.2, -0.15) is 13.2 Å². The minimum Gasteiger partial charge on any atom is -0.386 e. The van der Waals surface area contributed by atoms with Gasteiger partial charge in [-0.25, -0.2) is 0 Å². The number of halogens is 3. The molecule has 0 saturated heterocycles. The normalized spacial score (nSPS) is 10.7. The maximum absolute atomic E-state index is 11.4. The van der Waals surface area contributed by atoms with E-state index in [1.807, 2.05) is 0 Å². The van der Waals surface area contributed by atoms with Crippen molar-refractivity contribution < 1.29 is 13.2 Å². The summed E-state index contributed by atoms with van der Waals surface area (Å²) < 4.78 is 34.3. The first-order valence-corrected chi connectivity index (χ1v) is 2.22. The van der Waals surface area contributed by atoms with Crippen LogP contribution in [0.2, 0.25) is 0 Å². The molecule has 0 saturated carbocycles. The minimum absolute atomic E-state index is 0.347. The highest BCUT2D eigenvalue weighted by atomic mass is 19.4. The van der Waals surface area contributed by atoms with E-state index >= 15 is 0 Å². The number of alkyl halides is 3. The van der Waals surface area contributed by atoms with Crippen molar-refractivity contribution in [1.29, 1.82) is 5.41 Å². The first kappa shape index (κ1) is 8.80. The molecule has 0 aromatic carbocycles. The molecule has 3 nitrogen and oxygen atoms in total. The molecule has 0 amide bonds. The lowest BCUT2D eigenvalue weighted by Crippen LogP contribution is -2.22. The van der Waals surface area contributed by atoms with E-state index in [4.69, 9.17) is 5.41 Å². The highest BCUT2D eigenvalue weighted by molar-refractivity contribution is 5.97. The minimum atomic E-state index is -4.66. The van der Waals surface area contributed by atoms with E-state index in [1.165, 1.54) is 0 Å². The fourth-order valence-corrected chi connectivity index (χ4v) is 0.248. The lowest BCUT2D eigenvalue weighted by molar-refractivity contribution is -0.0584. The van der Waals surface area contributed by atoms with E-state index in [9.17, 15) is 13.2 Å². The van der Waals surface area contributed by atoms with Crippen LogP contribution < -0.4 is 11.5 Å². The van der Waals surface area contributed by atoms with Gasteiger partial charge in [0.2, 0.25) is 0 Å². The summed E-state index contributed by atoms with van der Waals surface area (Å²) in [4.78, 5) is 0. The molecule has 0 bridgehead atoms. The van der Waals surface area contributed by atoms with E-state index in [-0.39, 0.29) is 0 Å². The fraction of sp³-hybridized carbons (Fsp3) is 0.250. The Morgan fingerprint density at radius 3 is 1.80 bits per heavy atom.